The molecule has 3 N–H and O–H groups in total. The van der Waals surface area contributed by atoms with Crippen LogP contribution >= 0.6 is 0 Å². The van der Waals surface area contributed by atoms with Crippen LogP contribution in [-0.2, 0) is 4.79 Å². The maximum atomic E-state index is 11.5. The topological polar surface area (TPSA) is 78.4 Å². The summed E-state index contributed by atoms with van der Waals surface area (Å²) in [5.41, 5.74) is 2.71. The number of anilines is 1. The molecule has 0 radical (unpaired) electrons. The molecule has 0 aliphatic rings. The van der Waals surface area contributed by atoms with E-state index in [1.807, 2.05) is 26.0 Å². The molecule has 0 fully saturated rings. The second kappa shape index (κ2) is 5.34. The van der Waals surface area contributed by atoms with Gasteiger partial charge in [0, 0.05) is 5.69 Å². The van der Waals surface area contributed by atoms with Gasteiger partial charge in [-0.2, -0.15) is 0 Å². The van der Waals surface area contributed by atoms with Gasteiger partial charge in [-0.1, -0.05) is 17.7 Å². The lowest BCUT2D eigenvalue weighted by atomic mass is 10.1. The molecular weight excluding hydrogens is 220 g/mol. The largest absolute Gasteiger partial charge is 0.480 e. The average molecular weight is 236 g/mol. The third kappa shape index (κ3) is 3.79. The predicted molar refractivity (Wildman–Crippen MR) is 65.2 cm³/mol. The summed E-state index contributed by atoms with van der Waals surface area (Å²) in [5, 5.41) is 13.6. The summed E-state index contributed by atoms with van der Waals surface area (Å²) in [5.74, 6) is -1.07. The number of aliphatic carboxylic acids is 1. The number of carbonyl (C=O) groups excluding carboxylic acids is 1. The molecule has 17 heavy (non-hydrogen) atoms. The molecule has 5 heteroatoms. The van der Waals surface area contributed by atoms with Gasteiger partial charge in [0.05, 0.1) is 0 Å². The Morgan fingerprint density at radius 3 is 2.47 bits per heavy atom. The van der Waals surface area contributed by atoms with Gasteiger partial charge < -0.3 is 15.7 Å². The van der Waals surface area contributed by atoms with Crippen molar-refractivity contribution in [1.29, 1.82) is 0 Å². The van der Waals surface area contributed by atoms with Gasteiger partial charge in [0.2, 0.25) is 0 Å². The number of carbonyl (C=O) groups is 2. The van der Waals surface area contributed by atoms with Gasteiger partial charge in [0.1, 0.15) is 6.04 Å². The molecule has 0 aromatic heterocycles. The van der Waals surface area contributed by atoms with E-state index in [2.05, 4.69) is 10.6 Å². The number of carboxylic acid groups (broad SMARTS) is 1. The molecule has 1 unspecified atom stereocenters. The number of hydrogen-bond donors (Lipinski definition) is 3. The Kier molecular flexibility index (Phi) is 4.09. The fourth-order valence-corrected chi connectivity index (χ4v) is 1.37. The lowest BCUT2D eigenvalue weighted by molar-refractivity contribution is -0.138. The number of urea groups is 1. The van der Waals surface area contributed by atoms with Crippen LogP contribution in [0.25, 0.3) is 0 Å². The smallest absolute Gasteiger partial charge is 0.325 e. The lowest BCUT2D eigenvalue weighted by Crippen LogP contribution is -2.40. The molecule has 0 saturated carbocycles. The fraction of sp³-hybridized carbons (Fsp3) is 0.333. The van der Waals surface area contributed by atoms with Crippen molar-refractivity contribution in [3.8, 4) is 0 Å². The summed E-state index contributed by atoms with van der Waals surface area (Å²) in [4.78, 5) is 22.0. The van der Waals surface area contributed by atoms with Crippen molar-refractivity contribution in [3.63, 3.8) is 0 Å². The van der Waals surface area contributed by atoms with Gasteiger partial charge in [-0.3, -0.25) is 4.79 Å². The van der Waals surface area contributed by atoms with E-state index in [-0.39, 0.29) is 0 Å². The van der Waals surface area contributed by atoms with Gasteiger partial charge in [-0.15, -0.1) is 0 Å². The van der Waals surface area contributed by atoms with Crippen LogP contribution in [-0.4, -0.2) is 23.1 Å². The van der Waals surface area contributed by atoms with Crippen LogP contribution < -0.4 is 10.6 Å². The first kappa shape index (κ1) is 13.0. The maximum Gasteiger partial charge on any atom is 0.325 e. The third-order valence-electron chi connectivity index (χ3n) is 2.35. The van der Waals surface area contributed by atoms with E-state index in [0.717, 1.165) is 11.1 Å². The number of benzene rings is 1. The molecule has 0 heterocycles. The molecule has 5 nitrogen and oxygen atoms in total. The molecule has 0 bridgehead atoms. The minimum atomic E-state index is -1.07. The molecule has 0 aliphatic carbocycles. The highest BCUT2D eigenvalue weighted by atomic mass is 16.4. The normalized spacial score (nSPS) is 11.7. The Labute approximate surface area is 99.8 Å². The molecule has 92 valence electrons. The number of hydrogen-bond acceptors (Lipinski definition) is 2. The molecule has 0 spiro atoms. The van der Waals surface area contributed by atoms with Crippen molar-refractivity contribution in [2.45, 2.75) is 26.8 Å². The van der Waals surface area contributed by atoms with E-state index in [4.69, 9.17) is 5.11 Å². The lowest BCUT2D eigenvalue weighted by Gasteiger charge is -2.12. The van der Waals surface area contributed by atoms with E-state index in [1.54, 1.807) is 6.07 Å². The summed E-state index contributed by atoms with van der Waals surface area (Å²) >= 11 is 0. The average Bonchev–Trinajstić information content (AvgIpc) is 2.22. The van der Waals surface area contributed by atoms with Crippen molar-refractivity contribution >= 4 is 17.7 Å². The Hall–Kier alpha value is -2.04. The van der Waals surface area contributed by atoms with E-state index >= 15 is 0 Å². The summed E-state index contributed by atoms with van der Waals surface area (Å²) in [7, 11) is 0. The van der Waals surface area contributed by atoms with Crippen molar-refractivity contribution in [2.24, 2.45) is 0 Å². The van der Waals surface area contributed by atoms with Crippen molar-refractivity contribution < 1.29 is 14.7 Å². The second-order valence-corrected chi connectivity index (χ2v) is 3.98. The highest BCUT2D eigenvalue weighted by Crippen LogP contribution is 2.15. The number of rotatable bonds is 3. The molecule has 1 aromatic rings. The first-order valence-electron chi connectivity index (χ1n) is 5.27. The summed E-state index contributed by atoms with van der Waals surface area (Å²) in [6, 6.07) is 4.17. The van der Waals surface area contributed by atoms with E-state index in [0.29, 0.717) is 5.69 Å². The number of amides is 2. The Bertz CT molecular complexity index is 443. The highest BCUT2D eigenvalue weighted by Gasteiger charge is 2.14. The van der Waals surface area contributed by atoms with Gasteiger partial charge in [-0.05, 0) is 32.4 Å². The van der Waals surface area contributed by atoms with E-state index in [9.17, 15) is 9.59 Å². The third-order valence-corrected chi connectivity index (χ3v) is 2.35. The summed E-state index contributed by atoms with van der Waals surface area (Å²) < 4.78 is 0. The SMILES string of the molecule is Cc1ccc(NC(=O)NC(C)C(=O)O)c(C)c1. The molecule has 2 amide bonds. The van der Waals surface area contributed by atoms with Crippen LogP contribution in [0.2, 0.25) is 0 Å². The Balaban J connectivity index is 2.65. The van der Waals surface area contributed by atoms with Crippen LogP contribution in [0.5, 0.6) is 0 Å². The van der Waals surface area contributed by atoms with Gasteiger partial charge >= 0.3 is 12.0 Å². The minimum Gasteiger partial charge on any atom is -0.480 e. The van der Waals surface area contributed by atoms with Crippen LogP contribution in [0.1, 0.15) is 18.1 Å². The van der Waals surface area contributed by atoms with Crippen LogP contribution in [0.15, 0.2) is 18.2 Å². The minimum absolute atomic E-state index is 0.521. The Morgan fingerprint density at radius 1 is 1.29 bits per heavy atom. The molecule has 1 aromatic carbocycles. The van der Waals surface area contributed by atoms with Crippen LogP contribution in [0.3, 0.4) is 0 Å². The standard InChI is InChI=1S/C12H16N2O3/c1-7-4-5-10(8(2)6-7)14-12(17)13-9(3)11(15)16/h4-6,9H,1-3H3,(H,15,16)(H2,13,14,17). The quantitative estimate of drug-likeness (QED) is 0.750. The zero-order chi connectivity index (χ0) is 13.0. The number of aryl methyl sites for hydroxylation is 2. The molecule has 1 rings (SSSR count). The van der Waals surface area contributed by atoms with Crippen LogP contribution in [0, 0.1) is 13.8 Å². The number of carboxylic acids is 1. The second-order valence-electron chi connectivity index (χ2n) is 3.98. The van der Waals surface area contributed by atoms with Gasteiger partial charge in [0.25, 0.3) is 0 Å². The maximum absolute atomic E-state index is 11.5. The Morgan fingerprint density at radius 2 is 1.94 bits per heavy atom. The van der Waals surface area contributed by atoms with Gasteiger partial charge in [-0.25, -0.2) is 4.79 Å². The van der Waals surface area contributed by atoms with E-state index in [1.165, 1.54) is 6.92 Å². The first-order valence-corrected chi connectivity index (χ1v) is 5.27. The fourth-order valence-electron chi connectivity index (χ4n) is 1.37. The molecular formula is C12H16N2O3. The highest BCUT2D eigenvalue weighted by molar-refractivity contribution is 5.92. The summed E-state index contributed by atoms with van der Waals surface area (Å²) in [6.45, 7) is 5.25. The number of nitrogens with one attached hydrogen (secondary N) is 2. The first-order chi connectivity index (χ1) is 7.90. The van der Waals surface area contributed by atoms with E-state index < -0.39 is 18.0 Å². The van der Waals surface area contributed by atoms with Crippen molar-refractivity contribution in [2.75, 3.05) is 5.32 Å². The monoisotopic (exact) mass is 236 g/mol. The zero-order valence-electron chi connectivity index (χ0n) is 10.1. The molecule has 0 aliphatic heterocycles. The van der Waals surface area contributed by atoms with Gasteiger partial charge in [0.15, 0.2) is 0 Å². The molecule has 1 atom stereocenters. The zero-order valence-corrected chi connectivity index (χ0v) is 10.1. The van der Waals surface area contributed by atoms with Crippen molar-refractivity contribution in [1.82, 2.24) is 5.32 Å². The predicted octanol–water partition coefficient (Wildman–Crippen LogP) is 1.90. The van der Waals surface area contributed by atoms with Crippen molar-refractivity contribution in [3.05, 3.63) is 29.3 Å². The summed E-state index contributed by atoms with van der Waals surface area (Å²) in [6.07, 6.45) is 0. The van der Waals surface area contributed by atoms with Crippen LogP contribution in [0.4, 0.5) is 10.5 Å². The molecule has 0 saturated heterocycles.